The van der Waals surface area contributed by atoms with Gasteiger partial charge in [0.25, 0.3) is 0 Å². The number of alkyl halides is 3. The van der Waals surface area contributed by atoms with Crippen LogP contribution in [0, 0.1) is 54.1 Å². The standard InChI is InChI=1S/C49H24F3N7/c1-28-16-32(21-33(17-28)49(50,51)52)37-10-9-36(58-44-11-4-30(26-54)19-40(44)42-22-34(56-2)7-14-45(42)58)24-38(37)39-18-29(25-53)5-12-46(39)59-47-13-6-31(27-55)20-41(47)43-23-35(57-3)8-15-48(43)59/h4-24H,1H3. The molecular formula is C49H24F3N7. The van der Waals surface area contributed by atoms with Gasteiger partial charge in [0.15, 0.2) is 11.4 Å². The summed E-state index contributed by atoms with van der Waals surface area (Å²) in [6.45, 7) is 17.0. The molecule has 0 aliphatic carbocycles. The van der Waals surface area contributed by atoms with Crippen molar-refractivity contribution in [2.24, 2.45) is 0 Å². The van der Waals surface area contributed by atoms with Crippen LogP contribution in [0.1, 0.15) is 27.8 Å². The van der Waals surface area contributed by atoms with Crippen molar-refractivity contribution in [1.29, 1.82) is 15.8 Å². The van der Waals surface area contributed by atoms with Crippen LogP contribution in [0.2, 0.25) is 0 Å². The first kappa shape index (κ1) is 36.0. The van der Waals surface area contributed by atoms with Crippen molar-refractivity contribution < 1.29 is 13.2 Å². The Balaban J connectivity index is 1.42. The highest BCUT2D eigenvalue weighted by atomic mass is 19.4. The van der Waals surface area contributed by atoms with Gasteiger partial charge < -0.3 is 9.13 Å². The number of aryl methyl sites for hydroxylation is 1. The highest BCUT2D eigenvalue weighted by Gasteiger charge is 2.31. The molecule has 2 aromatic heterocycles. The second kappa shape index (κ2) is 13.5. The van der Waals surface area contributed by atoms with E-state index in [9.17, 15) is 29.0 Å². The maximum atomic E-state index is 14.4. The molecule has 0 aliphatic rings. The van der Waals surface area contributed by atoms with Gasteiger partial charge in [-0.25, -0.2) is 9.69 Å². The third-order valence-electron chi connectivity index (χ3n) is 10.6. The van der Waals surface area contributed by atoms with Crippen molar-refractivity contribution in [3.8, 4) is 51.8 Å². The van der Waals surface area contributed by atoms with Crippen molar-refractivity contribution in [3.63, 3.8) is 0 Å². The Morgan fingerprint density at radius 3 is 1.56 bits per heavy atom. The van der Waals surface area contributed by atoms with E-state index in [4.69, 9.17) is 13.1 Å². The third-order valence-corrected chi connectivity index (χ3v) is 10.6. The molecule has 59 heavy (non-hydrogen) atoms. The molecule has 9 rings (SSSR count). The second-order valence-corrected chi connectivity index (χ2v) is 14.1. The van der Waals surface area contributed by atoms with E-state index in [1.165, 1.54) is 0 Å². The summed E-state index contributed by atoms with van der Waals surface area (Å²) in [4.78, 5) is 7.27. The summed E-state index contributed by atoms with van der Waals surface area (Å²) in [5, 5.41) is 32.8. The summed E-state index contributed by atoms with van der Waals surface area (Å²) in [7, 11) is 0. The number of fused-ring (bicyclic) bond motifs is 6. The predicted molar refractivity (Wildman–Crippen MR) is 222 cm³/mol. The Kier molecular flexibility index (Phi) is 8.27. The topological polar surface area (TPSA) is 90.0 Å². The molecule has 0 atom stereocenters. The van der Waals surface area contributed by atoms with E-state index < -0.39 is 11.7 Å². The highest BCUT2D eigenvalue weighted by Crippen LogP contribution is 2.44. The van der Waals surface area contributed by atoms with Gasteiger partial charge in [-0.2, -0.15) is 29.0 Å². The van der Waals surface area contributed by atoms with E-state index in [1.54, 1.807) is 85.8 Å². The summed E-state index contributed by atoms with van der Waals surface area (Å²) in [6, 6.07) is 42.5. The molecule has 0 fully saturated rings. The highest BCUT2D eigenvalue weighted by molar-refractivity contribution is 6.12. The zero-order chi connectivity index (χ0) is 41.2. The summed E-state index contributed by atoms with van der Waals surface area (Å²) in [6.07, 6.45) is -4.61. The monoisotopic (exact) mass is 767 g/mol. The van der Waals surface area contributed by atoms with Gasteiger partial charge in [-0.05, 0) is 143 Å². The van der Waals surface area contributed by atoms with Gasteiger partial charge in [-0.15, -0.1) is 0 Å². The van der Waals surface area contributed by atoms with Gasteiger partial charge in [-0.1, -0.05) is 24.3 Å². The van der Waals surface area contributed by atoms with Gasteiger partial charge in [0.1, 0.15) is 0 Å². The van der Waals surface area contributed by atoms with Crippen LogP contribution in [-0.4, -0.2) is 9.13 Å². The van der Waals surface area contributed by atoms with E-state index in [1.807, 2.05) is 45.5 Å². The van der Waals surface area contributed by atoms with Gasteiger partial charge in [-0.3, -0.25) is 0 Å². The number of rotatable bonds is 4. The average Bonchev–Trinajstić information content (AvgIpc) is 3.76. The van der Waals surface area contributed by atoms with Crippen molar-refractivity contribution in [2.45, 2.75) is 13.1 Å². The third kappa shape index (κ3) is 5.87. The van der Waals surface area contributed by atoms with Crippen molar-refractivity contribution in [1.82, 2.24) is 9.13 Å². The fourth-order valence-electron chi connectivity index (χ4n) is 8.10. The number of halogens is 3. The molecule has 2 heterocycles. The Labute approximate surface area is 335 Å². The van der Waals surface area contributed by atoms with Crippen LogP contribution in [0.15, 0.2) is 127 Å². The first-order valence-electron chi connectivity index (χ1n) is 18.1. The lowest BCUT2D eigenvalue weighted by Crippen LogP contribution is -2.06. The second-order valence-electron chi connectivity index (χ2n) is 14.1. The molecule has 10 heteroatoms. The lowest BCUT2D eigenvalue weighted by molar-refractivity contribution is -0.137. The molecule has 9 aromatic rings. The summed E-state index contributed by atoms with van der Waals surface area (Å²) < 4.78 is 47.1. The van der Waals surface area contributed by atoms with Crippen LogP contribution < -0.4 is 0 Å². The molecule has 0 aliphatic heterocycles. The fourth-order valence-corrected chi connectivity index (χ4v) is 8.10. The molecule has 0 N–H and O–H groups in total. The molecule has 0 saturated heterocycles. The van der Waals surface area contributed by atoms with Crippen molar-refractivity contribution in [3.05, 3.63) is 178 Å². The maximum absolute atomic E-state index is 14.4. The zero-order valence-corrected chi connectivity index (χ0v) is 30.9. The van der Waals surface area contributed by atoms with E-state index in [0.29, 0.717) is 78.3 Å². The molecular weight excluding hydrogens is 744 g/mol. The largest absolute Gasteiger partial charge is 0.416 e. The summed E-state index contributed by atoms with van der Waals surface area (Å²) >= 11 is 0. The Bertz CT molecular complexity index is 3370. The number of aromatic nitrogens is 2. The first-order valence-corrected chi connectivity index (χ1v) is 18.1. The summed E-state index contributed by atoms with van der Waals surface area (Å²) in [5.41, 5.74) is 7.64. The maximum Gasteiger partial charge on any atom is 0.416 e. The number of benzene rings is 7. The van der Waals surface area contributed by atoms with Crippen LogP contribution >= 0.6 is 0 Å². The lowest BCUT2D eigenvalue weighted by atomic mass is 9.90. The van der Waals surface area contributed by atoms with Crippen LogP contribution in [0.4, 0.5) is 24.5 Å². The number of hydrogen-bond donors (Lipinski definition) is 0. The number of nitriles is 3. The molecule has 0 amide bonds. The van der Waals surface area contributed by atoms with Gasteiger partial charge in [0.05, 0.1) is 81.4 Å². The van der Waals surface area contributed by atoms with Crippen LogP contribution in [0.3, 0.4) is 0 Å². The van der Waals surface area contributed by atoms with E-state index in [0.717, 1.165) is 44.7 Å². The Morgan fingerprint density at radius 1 is 0.508 bits per heavy atom. The number of nitrogens with zero attached hydrogens (tertiary/aromatic N) is 7. The van der Waals surface area contributed by atoms with Crippen LogP contribution in [0.25, 0.3) is 86.9 Å². The first-order chi connectivity index (χ1) is 28.5. The minimum atomic E-state index is -4.61. The van der Waals surface area contributed by atoms with E-state index in [2.05, 4.69) is 27.9 Å². The molecule has 7 aromatic carbocycles. The fraction of sp³-hybridized carbons (Fsp3) is 0.0408. The van der Waals surface area contributed by atoms with E-state index >= 15 is 0 Å². The molecule has 0 saturated carbocycles. The molecule has 7 nitrogen and oxygen atoms in total. The molecule has 0 spiro atoms. The lowest BCUT2D eigenvalue weighted by Gasteiger charge is -2.20. The SMILES string of the molecule is [C-]#[N+]c1ccc2c(c1)c1cc(C#N)ccc1n2-c1ccc(-c2cc(C)cc(C(F)(F)F)c2)c(-c2cc(C#N)ccc2-n2c3ccc(C#N)cc3c3cc([N+]#[C-])ccc32)c1. The molecule has 276 valence electrons. The molecule has 0 unspecified atom stereocenters. The Morgan fingerprint density at radius 2 is 1.02 bits per heavy atom. The zero-order valence-electron chi connectivity index (χ0n) is 30.9. The Hall–Kier alpha value is -8.62. The average molecular weight is 768 g/mol. The molecule has 0 bridgehead atoms. The minimum absolute atomic E-state index is 0.315. The molecule has 0 radical (unpaired) electrons. The predicted octanol–water partition coefficient (Wildman–Crippen LogP) is 13.3. The van der Waals surface area contributed by atoms with Crippen molar-refractivity contribution >= 4 is 55.0 Å². The van der Waals surface area contributed by atoms with E-state index in [-0.39, 0.29) is 0 Å². The minimum Gasteiger partial charge on any atom is -0.309 e. The van der Waals surface area contributed by atoms with Crippen LogP contribution in [0.5, 0.6) is 0 Å². The van der Waals surface area contributed by atoms with Gasteiger partial charge in [0.2, 0.25) is 0 Å². The van der Waals surface area contributed by atoms with Gasteiger partial charge >= 0.3 is 6.18 Å². The van der Waals surface area contributed by atoms with Gasteiger partial charge in [0, 0.05) is 22.0 Å². The smallest absolute Gasteiger partial charge is 0.309 e. The number of hydrogen-bond acceptors (Lipinski definition) is 3. The quantitative estimate of drug-likeness (QED) is 0.167. The van der Waals surface area contributed by atoms with Crippen LogP contribution in [-0.2, 0) is 6.18 Å². The van der Waals surface area contributed by atoms with Crippen molar-refractivity contribution in [2.75, 3.05) is 0 Å². The normalized spacial score (nSPS) is 11.3. The summed E-state index contributed by atoms with van der Waals surface area (Å²) in [5.74, 6) is 0.